The Kier molecular flexibility index (Phi) is 3.33. The van der Waals surface area contributed by atoms with E-state index < -0.39 is 17.1 Å². The van der Waals surface area contributed by atoms with Crippen molar-refractivity contribution in [2.24, 2.45) is 0 Å². The fraction of sp³-hybridized carbons (Fsp3) is 0.182. The lowest BCUT2D eigenvalue weighted by molar-refractivity contribution is -0.117. The van der Waals surface area contributed by atoms with E-state index in [0.717, 1.165) is 0 Å². The number of carbonyl (C=O) groups is 1. The van der Waals surface area contributed by atoms with Crippen molar-refractivity contribution >= 4 is 18.5 Å². The van der Waals surface area contributed by atoms with Crippen LogP contribution in [0.25, 0.3) is 0 Å². The van der Waals surface area contributed by atoms with E-state index in [0.29, 0.717) is 5.70 Å². The number of hydrogen-bond donors (Lipinski definition) is 3. The Morgan fingerprint density at radius 3 is 2.47 bits per heavy atom. The average molecular weight is 256 g/mol. The second-order valence-electron chi connectivity index (χ2n) is 3.60. The second-order valence-corrected chi connectivity index (χ2v) is 4.12. The normalized spacial score (nSPS) is 19.4. The van der Waals surface area contributed by atoms with Crippen LogP contribution in [-0.2, 0) is 11.2 Å². The number of hydrogen-bond acceptors (Lipinski definition) is 3. The fourth-order valence-electron chi connectivity index (χ4n) is 1.58. The summed E-state index contributed by atoms with van der Waals surface area (Å²) in [4.78, 5) is 11.2. The molecule has 0 saturated heterocycles. The lowest BCUT2D eigenvalue weighted by Gasteiger charge is -2.22. The van der Waals surface area contributed by atoms with Gasteiger partial charge in [0, 0.05) is 23.8 Å². The molecule has 0 spiro atoms. The van der Waals surface area contributed by atoms with Crippen molar-refractivity contribution in [3.63, 3.8) is 0 Å². The Morgan fingerprint density at radius 2 is 1.88 bits per heavy atom. The molecule has 1 atom stereocenters. The van der Waals surface area contributed by atoms with Gasteiger partial charge in [-0.05, 0) is 12.1 Å². The molecule has 1 unspecified atom stereocenters. The number of halogens is 2. The lowest BCUT2D eigenvalue weighted by atomic mass is 10.1. The summed E-state index contributed by atoms with van der Waals surface area (Å²) in [5.41, 5.74) is -0.184. The highest BCUT2D eigenvalue weighted by Crippen LogP contribution is 2.16. The van der Waals surface area contributed by atoms with Gasteiger partial charge in [-0.1, -0.05) is 6.07 Å². The molecule has 0 aromatic heterocycles. The van der Waals surface area contributed by atoms with Gasteiger partial charge >= 0.3 is 0 Å². The van der Waals surface area contributed by atoms with E-state index in [1.807, 2.05) is 0 Å². The Balaban J connectivity index is 2.24. The average Bonchev–Trinajstić information content (AvgIpc) is 2.22. The fourth-order valence-corrected chi connectivity index (χ4v) is 1.87. The number of nitrogens with one attached hydrogen (secondary N) is 2. The third kappa shape index (κ3) is 2.76. The molecule has 0 bridgehead atoms. The zero-order valence-corrected chi connectivity index (χ0v) is 9.60. The maximum absolute atomic E-state index is 13.4. The van der Waals surface area contributed by atoms with Crippen molar-refractivity contribution in [1.82, 2.24) is 10.6 Å². The first kappa shape index (κ1) is 11.9. The maximum Gasteiger partial charge on any atom is 0.247 e. The Labute approximate surface area is 102 Å². The van der Waals surface area contributed by atoms with Crippen LogP contribution in [0.5, 0.6) is 0 Å². The SMILES string of the molecule is O=C1C=C(Cc2c(F)cccc2F)NC(S)N1. The zero-order valence-electron chi connectivity index (χ0n) is 8.71. The number of allylic oxidation sites excluding steroid dienone is 1. The molecular weight excluding hydrogens is 246 g/mol. The van der Waals surface area contributed by atoms with Crippen LogP contribution in [0.4, 0.5) is 8.78 Å². The molecule has 1 aromatic carbocycles. The molecular formula is C11H10F2N2OS. The Morgan fingerprint density at radius 1 is 1.24 bits per heavy atom. The topological polar surface area (TPSA) is 41.1 Å². The minimum atomic E-state index is -0.630. The van der Waals surface area contributed by atoms with Crippen molar-refractivity contribution in [1.29, 1.82) is 0 Å². The third-order valence-electron chi connectivity index (χ3n) is 2.34. The summed E-state index contributed by atoms with van der Waals surface area (Å²) >= 11 is 4.03. The van der Waals surface area contributed by atoms with E-state index in [-0.39, 0.29) is 17.9 Å². The van der Waals surface area contributed by atoms with Gasteiger partial charge in [0.15, 0.2) is 0 Å². The predicted octanol–water partition coefficient (Wildman–Crippen LogP) is 1.32. The van der Waals surface area contributed by atoms with Crippen molar-refractivity contribution in [2.45, 2.75) is 11.9 Å². The van der Waals surface area contributed by atoms with Gasteiger partial charge in [-0.15, -0.1) is 12.6 Å². The molecule has 2 rings (SSSR count). The molecule has 17 heavy (non-hydrogen) atoms. The van der Waals surface area contributed by atoms with Gasteiger partial charge in [0.25, 0.3) is 0 Å². The van der Waals surface area contributed by atoms with Gasteiger partial charge in [-0.3, -0.25) is 4.79 Å². The summed E-state index contributed by atoms with van der Waals surface area (Å²) < 4.78 is 26.8. The molecule has 2 N–H and O–H groups in total. The number of rotatable bonds is 2. The molecule has 1 heterocycles. The van der Waals surface area contributed by atoms with Crippen molar-refractivity contribution < 1.29 is 13.6 Å². The lowest BCUT2D eigenvalue weighted by Crippen LogP contribution is -2.45. The van der Waals surface area contributed by atoms with Gasteiger partial charge in [-0.2, -0.15) is 0 Å². The molecule has 3 nitrogen and oxygen atoms in total. The van der Waals surface area contributed by atoms with Crippen LogP contribution in [-0.4, -0.2) is 11.4 Å². The van der Waals surface area contributed by atoms with Crippen LogP contribution in [0.2, 0.25) is 0 Å². The number of thiol groups is 1. The molecule has 1 aliphatic heterocycles. The molecule has 6 heteroatoms. The Hall–Kier alpha value is -1.56. The molecule has 1 aliphatic rings. The first-order chi connectivity index (χ1) is 8.06. The number of benzene rings is 1. The molecule has 1 aromatic rings. The van der Waals surface area contributed by atoms with Gasteiger partial charge in [-0.25, -0.2) is 8.78 Å². The van der Waals surface area contributed by atoms with E-state index in [4.69, 9.17) is 0 Å². The minimum Gasteiger partial charge on any atom is -0.360 e. The van der Waals surface area contributed by atoms with Crippen LogP contribution in [0, 0.1) is 11.6 Å². The van der Waals surface area contributed by atoms with Gasteiger partial charge < -0.3 is 10.6 Å². The molecule has 0 radical (unpaired) electrons. The maximum atomic E-state index is 13.4. The van der Waals surface area contributed by atoms with Crippen LogP contribution < -0.4 is 10.6 Å². The molecule has 1 amide bonds. The molecule has 0 fully saturated rings. The second kappa shape index (κ2) is 4.75. The van der Waals surface area contributed by atoms with E-state index in [1.165, 1.54) is 24.3 Å². The number of carbonyl (C=O) groups excluding carboxylic acids is 1. The molecule has 0 aliphatic carbocycles. The van der Waals surface area contributed by atoms with Crippen LogP contribution in [0.1, 0.15) is 5.56 Å². The van der Waals surface area contributed by atoms with Crippen LogP contribution in [0.15, 0.2) is 30.0 Å². The van der Waals surface area contributed by atoms with Gasteiger partial charge in [0.2, 0.25) is 5.91 Å². The standard InChI is InChI=1S/C11H10F2N2OS/c12-8-2-1-3-9(13)7(8)4-6-5-10(16)15-11(17)14-6/h1-3,5,11,14,17H,4H2,(H,15,16). The van der Waals surface area contributed by atoms with Crippen LogP contribution in [0.3, 0.4) is 0 Å². The smallest absolute Gasteiger partial charge is 0.247 e. The highest BCUT2D eigenvalue weighted by molar-refractivity contribution is 7.80. The summed E-state index contributed by atoms with van der Waals surface area (Å²) in [6.45, 7) is 0. The van der Waals surface area contributed by atoms with Gasteiger partial charge in [0.05, 0.1) is 0 Å². The van der Waals surface area contributed by atoms with E-state index >= 15 is 0 Å². The quantitative estimate of drug-likeness (QED) is 0.699. The van der Waals surface area contributed by atoms with Crippen molar-refractivity contribution in [3.8, 4) is 0 Å². The molecule has 90 valence electrons. The van der Waals surface area contributed by atoms with E-state index in [1.54, 1.807) is 0 Å². The summed E-state index contributed by atoms with van der Waals surface area (Å²) in [6.07, 6.45) is 1.25. The predicted molar refractivity (Wildman–Crippen MR) is 62.2 cm³/mol. The van der Waals surface area contributed by atoms with E-state index in [2.05, 4.69) is 23.3 Å². The summed E-state index contributed by atoms with van der Waals surface area (Å²) in [6, 6.07) is 3.66. The summed E-state index contributed by atoms with van der Waals surface area (Å²) in [5.74, 6) is -1.60. The Bertz CT molecular complexity index is 470. The summed E-state index contributed by atoms with van der Waals surface area (Å²) in [5, 5.41) is 5.28. The van der Waals surface area contributed by atoms with Crippen LogP contribution >= 0.6 is 12.6 Å². The minimum absolute atomic E-state index is 0.0109. The zero-order chi connectivity index (χ0) is 12.4. The first-order valence-corrected chi connectivity index (χ1v) is 5.46. The first-order valence-electron chi connectivity index (χ1n) is 4.95. The number of amides is 1. The molecule has 0 saturated carbocycles. The summed E-state index contributed by atoms with van der Waals surface area (Å²) in [7, 11) is 0. The van der Waals surface area contributed by atoms with Crippen molar-refractivity contribution in [3.05, 3.63) is 47.2 Å². The monoisotopic (exact) mass is 256 g/mol. The van der Waals surface area contributed by atoms with Crippen molar-refractivity contribution in [2.75, 3.05) is 0 Å². The largest absolute Gasteiger partial charge is 0.360 e. The van der Waals surface area contributed by atoms with Gasteiger partial charge in [0.1, 0.15) is 17.1 Å². The highest BCUT2D eigenvalue weighted by Gasteiger charge is 2.17. The highest BCUT2D eigenvalue weighted by atomic mass is 32.1. The third-order valence-corrected chi connectivity index (χ3v) is 2.59. The van der Waals surface area contributed by atoms with E-state index in [9.17, 15) is 13.6 Å².